The Balaban J connectivity index is 2.97. The normalized spacial score (nSPS) is 9.67. The van der Waals surface area contributed by atoms with Crippen LogP contribution in [0.4, 0.5) is 5.69 Å². The summed E-state index contributed by atoms with van der Waals surface area (Å²) in [5.74, 6) is 0.316. The van der Waals surface area contributed by atoms with Crippen LogP contribution in [-0.2, 0) is 0 Å². The van der Waals surface area contributed by atoms with Gasteiger partial charge in [0.25, 0.3) is 5.69 Å². The van der Waals surface area contributed by atoms with Crippen LogP contribution in [0.5, 0.6) is 5.75 Å². The highest BCUT2D eigenvalue weighted by Crippen LogP contribution is 2.22. The van der Waals surface area contributed by atoms with E-state index in [1.54, 1.807) is 0 Å². The average Bonchev–Trinajstić information content (AvgIpc) is 2.25. The molecule has 0 radical (unpaired) electrons. The third-order valence-electron chi connectivity index (χ3n) is 1.68. The van der Waals surface area contributed by atoms with Crippen LogP contribution in [0.15, 0.2) is 18.2 Å². The van der Waals surface area contributed by atoms with Crippen molar-refractivity contribution in [2.75, 3.05) is 13.2 Å². The number of aliphatic hydroxyl groups excluding tert-OH is 1. The lowest BCUT2D eigenvalue weighted by molar-refractivity contribution is -0.385. The van der Waals surface area contributed by atoms with Crippen molar-refractivity contribution in [1.29, 1.82) is 0 Å². The third-order valence-corrected chi connectivity index (χ3v) is 1.68. The van der Waals surface area contributed by atoms with Gasteiger partial charge >= 0.3 is 0 Å². The van der Waals surface area contributed by atoms with Gasteiger partial charge in [0.2, 0.25) is 0 Å². The molecule has 0 amide bonds. The number of ether oxygens (including phenoxy) is 1. The summed E-state index contributed by atoms with van der Waals surface area (Å²) >= 11 is 0. The summed E-state index contributed by atoms with van der Waals surface area (Å²) in [7, 11) is 0. The molecule has 1 aromatic carbocycles. The van der Waals surface area contributed by atoms with E-state index in [1.807, 2.05) is 0 Å². The Morgan fingerprint density at radius 3 is 2.80 bits per heavy atom. The maximum absolute atomic E-state index is 10.5. The zero-order valence-corrected chi connectivity index (χ0v) is 7.75. The van der Waals surface area contributed by atoms with Crippen LogP contribution in [-0.4, -0.2) is 29.5 Å². The second-order valence-electron chi connectivity index (χ2n) is 2.67. The van der Waals surface area contributed by atoms with E-state index in [2.05, 4.69) is 0 Å². The summed E-state index contributed by atoms with van der Waals surface area (Å²) in [6.45, 7) is -0.0798. The van der Waals surface area contributed by atoms with Gasteiger partial charge in [0.1, 0.15) is 12.4 Å². The van der Waals surface area contributed by atoms with E-state index in [4.69, 9.17) is 9.84 Å². The van der Waals surface area contributed by atoms with E-state index < -0.39 is 4.92 Å². The van der Waals surface area contributed by atoms with Gasteiger partial charge in [-0.2, -0.15) is 0 Å². The number of rotatable bonds is 5. The van der Waals surface area contributed by atoms with E-state index >= 15 is 0 Å². The summed E-state index contributed by atoms with van der Waals surface area (Å²) < 4.78 is 5.00. The number of nitrogens with zero attached hydrogens (tertiary/aromatic N) is 1. The topological polar surface area (TPSA) is 89.7 Å². The maximum atomic E-state index is 10.5. The number of hydrogen-bond donors (Lipinski definition) is 1. The van der Waals surface area contributed by atoms with Crippen molar-refractivity contribution in [1.82, 2.24) is 0 Å². The monoisotopic (exact) mass is 211 g/mol. The first-order chi connectivity index (χ1) is 7.19. The van der Waals surface area contributed by atoms with Crippen molar-refractivity contribution < 1.29 is 19.6 Å². The fourth-order valence-corrected chi connectivity index (χ4v) is 1.05. The maximum Gasteiger partial charge on any atom is 0.280 e. The molecule has 0 fully saturated rings. The fourth-order valence-electron chi connectivity index (χ4n) is 1.05. The van der Waals surface area contributed by atoms with Crippen LogP contribution in [0.1, 0.15) is 10.4 Å². The molecule has 80 valence electrons. The van der Waals surface area contributed by atoms with Gasteiger partial charge in [-0.25, -0.2) is 0 Å². The zero-order chi connectivity index (χ0) is 11.3. The van der Waals surface area contributed by atoms with Crippen LogP contribution in [0.25, 0.3) is 0 Å². The van der Waals surface area contributed by atoms with Crippen LogP contribution in [0.2, 0.25) is 0 Å². The van der Waals surface area contributed by atoms with Crippen LogP contribution in [0, 0.1) is 10.1 Å². The van der Waals surface area contributed by atoms with Gasteiger partial charge in [-0.1, -0.05) is 0 Å². The highest BCUT2D eigenvalue weighted by molar-refractivity contribution is 5.82. The second-order valence-corrected chi connectivity index (χ2v) is 2.67. The van der Waals surface area contributed by atoms with Crippen molar-refractivity contribution in [3.63, 3.8) is 0 Å². The number of benzene rings is 1. The van der Waals surface area contributed by atoms with Crippen molar-refractivity contribution >= 4 is 12.0 Å². The van der Waals surface area contributed by atoms with Crippen molar-refractivity contribution in [3.05, 3.63) is 33.9 Å². The molecule has 15 heavy (non-hydrogen) atoms. The van der Waals surface area contributed by atoms with Gasteiger partial charge in [-0.15, -0.1) is 0 Å². The minimum Gasteiger partial charge on any atom is -0.491 e. The zero-order valence-electron chi connectivity index (χ0n) is 7.75. The minimum atomic E-state index is -0.639. The summed E-state index contributed by atoms with van der Waals surface area (Å²) in [5.41, 5.74) is -0.309. The molecule has 0 atom stereocenters. The van der Waals surface area contributed by atoms with E-state index in [0.717, 1.165) is 0 Å². The Bertz CT molecular complexity index is 377. The average molecular weight is 211 g/mol. The van der Waals surface area contributed by atoms with Gasteiger partial charge in [-0.05, 0) is 12.1 Å². The van der Waals surface area contributed by atoms with E-state index in [0.29, 0.717) is 12.0 Å². The van der Waals surface area contributed by atoms with Gasteiger partial charge in [-0.3, -0.25) is 14.9 Å². The first-order valence-electron chi connectivity index (χ1n) is 4.16. The number of carbonyl (C=O) groups is 1. The van der Waals surface area contributed by atoms with Crippen LogP contribution >= 0.6 is 0 Å². The number of carbonyl (C=O) groups excluding carboxylic acids is 1. The Kier molecular flexibility index (Phi) is 3.75. The van der Waals surface area contributed by atoms with E-state index in [-0.39, 0.29) is 24.5 Å². The lowest BCUT2D eigenvalue weighted by Crippen LogP contribution is -2.02. The largest absolute Gasteiger partial charge is 0.491 e. The molecule has 0 aliphatic rings. The summed E-state index contributed by atoms with van der Waals surface area (Å²) in [6, 6.07) is 3.83. The van der Waals surface area contributed by atoms with Gasteiger partial charge < -0.3 is 9.84 Å². The molecule has 0 aliphatic heterocycles. The number of nitro groups is 1. The number of nitro benzene ring substituents is 1. The molecule has 0 aliphatic carbocycles. The lowest BCUT2D eigenvalue weighted by Gasteiger charge is -2.04. The quantitative estimate of drug-likeness (QED) is 0.441. The molecule has 0 bridgehead atoms. The van der Waals surface area contributed by atoms with Crippen LogP contribution < -0.4 is 4.74 Å². The smallest absolute Gasteiger partial charge is 0.280 e. The Hall–Kier alpha value is -1.95. The molecular weight excluding hydrogens is 202 g/mol. The van der Waals surface area contributed by atoms with Crippen molar-refractivity contribution in [2.45, 2.75) is 0 Å². The van der Waals surface area contributed by atoms with Gasteiger partial charge in [0.15, 0.2) is 6.29 Å². The highest BCUT2D eigenvalue weighted by Gasteiger charge is 2.13. The molecule has 0 spiro atoms. The predicted molar refractivity (Wildman–Crippen MR) is 51.1 cm³/mol. The van der Waals surface area contributed by atoms with E-state index in [9.17, 15) is 14.9 Å². The number of hydrogen-bond acceptors (Lipinski definition) is 5. The molecule has 0 unspecified atom stereocenters. The molecule has 6 nitrogen and oxygen atoms in total. The van der Waals surface area contributed by atoms with E-state index in [1.165, 1.54) is 18.2 Å². The highest BCUT2D eigenvalue weighted by atomic mass is 16.6. The number of aliphatic hydroxyl groups is 1. The molecule has 1 aromatic rings. The summed E-state index contributed by atoms with van der Waals surface area (Å²) in [5, 5.41) is 19.0. The molecule has 1 rings (SSSR count). The molecule has 1 N–H and O–H groups in total. The molecule has 0 saturated carbocycles. The molecule has 0 aromatic heterocycles. The Labute approximate surface area is 85.2 Å². The molecule has 0 heterocycles. The molecule has 0 saturated heterocycles. The third kappa shape index (κ3) is 2.75. The second kappa shape index (κ2) is 5.06. The lowest BCUT2D eigenvalue weighted by atomic mass is 10.2. The fraction of sp³-hybridized carbons (Fsp3) is 0.222. The molecule has 6 heteroatoms. The van der Waals surface area contributed by atoms with Crippen molar-refractivity contribution in [2.24, 2.45) is 0 Å². The minimum absolute atomic E-state index is 0.0459. The van der Waals surface area contributed by atoms with Crippen molar-refractivity contribution in [3.8, 4) is 5.75 Å². The predicted octanol–water partition coefficient (Wildman–Crippen LogP) is 0.778. The number of aldehydes is 1. The Morgan fingerprint density at radius 2 is 2.27 bits per heavy atom. The SMILES string of the molecule is O=Cc1cc(OCCO)ccc1[N+](=O)[O-]. The first kappa shape index (κ1) is 11.1. The summed E-state index contributed by atoms with van der Waals surface area (Å²) in [4.78, 5) is 20.4. The summed E-state index contributed by atoms with van der Waals surface area (Å²) in [6.07, 6.45) is 0.393. The van der Waals surface area contributed by atoms with Crippen LogP contribution in [0.3, 0.4) is 0 Å². The Morgan fingerprint density at radius 1 is 1.53 bits per heavy atom. The van der Waals surface area contributed by atoms with Gasteiger partial charge in [0.05, 0.1) is 17.1 Å². The molecular formula is C9H9NO5. The first-order valence-corrected chi connectivity index (χ1v) is 4.16. The van der Waals surface area contributed by atoms with Gasteiger partial charge in [0, 0.05) is 6.07 Å². The standard InChI is InChI=1S/C9H9NO5/c11-3-4-15-8-1-2-9(10(13)14)7(5-8)6-12/h1-2,5-6,11H,3-4H2.